The van der Waals surface area contributed by atoms with Gasteiger partial charge in [0, 0.05) is 18.5 Å². The molecule has 0 radical (unpaired) electrons. The minimum atomic E-state index is -3.54. The maximum atomic E-state index is 14.4. The highest BCUT2D eigenvalue weighted by molar-refractivity contribution is 7.88. The lowest BCUT2D eigenvalue weighted by Crippen LogP contribution is -2.59. The normalized spacial score (nSPS) is 22.2. The van der Waals surface area contributed by atoms with E-state index in [9.17, 15) is 22.8 Å². The van der Waals surface area contributed by atoms with Crippen molar-refractivity contribution in [3.63, 3.8) is 0 Å². The highest BCUT2D eigenvalue weighted by Crippen LogP contribution is 2.35. The highest BCUT2D eigenvalue weighted by Gasteiger charge is 2.48. The van der Waals surface area contributed by atoms with Crippen LogP contribution in [0, 0.1) is 5.92 Å². The molecule has 0 bridgehead atoms. The molecule has 0 aromatic heterocycles. The number of benzene rings is 3. The Labute approximate surface area is 271 Å². The summed E-state index contributed by atoms with van der Waals surface area (Å²) < 4.78 is 26.6. The van der Waals surface area contributed by atoms with Crippen LogP contribution in [0.25, 0.3) is 0 Å². The molecule has 244 valence electrons. The van der Waals surface area contributed by atoms with E-state index >= 15 is 0 Å². The van der Waals surface area contributed by atoms with E-state index in [1.54, 1.807) is 11.9 Å². The standard InChI is InChI=1S/C35H43N5O5S/c1-36-29(22-24-12-6-3-7-13-24)33(41)39-32-27(23-37-46(2,44)45)18-19-28-20-21-30(40(28)35(32)43)34(42)38-31(25-14-8-4-9-15-25)26-16-10-5-11-17-26/h3-17,27-32,36-37H,18-23H2,1-2H3,(H,38,42)(H,39,41)/t27?,28-,29?,30-,32?/m0/s1. The van der Waals surface area contributed by atoms with E-state index in [0.29, 0.717) is 32.1 Å². The molecule has 2 aliphatic heterocycles. The molecular weight excluding hydrogens is 602 g/mol. The van der Waals surface area contributed by atoms with E-state index in [0.717, 1.165) is 22.9 Å². The van der Waals surface area contributed by atoms with E-state index in [1.165, 1.54) is 0 Å². The minimum Gasteiger partial charge on any atom is -0.343 e. The largest absolute Gasteiger partial charge is 0.343 e. The van der Waals surface area contributed by atoms with Crippen LogP contribution in [0.15, 0.2) is 91.0 Å². The fraction of sp³-hybridized carbons (Fsp3) is 0.400. The van der Waals surface area contributed by atoms with Gasteiger partial charge >= 0.3 is 0 Å². The molecule has 0 spiro atoms. The Morgan fingerprint density at radius 2 is 1.41 bits per heavy atom. The van der Waals surface area contributed by atoms with Crippen molar-refractivity contribution in [2.75, 3.05) is 19.8 Å². The van der Waals surface area contributed by atoms with E-state index in [2.05, 4.69) is 20.7 Å². The summed E-state index contributed by atoms with van der Waals surface area (Å²) in [6.07, 6.45) is 3.73. The Morgan fingerprint density at radius 3 is 1.98 bits per heavy atom. The van der Waals surface area contributed by atoms with Gasteiger partial charge in [-0.25, -0.2) is 13.1 Å². The lowest BCUT2D eigenvalue weighted by molar-refractivity contribution is -0.143. The van der Waals surface area contributed by atoms with E-state index in [-0.39, 0.29) is 30.3 Å². The lowest BCUT2D eigenvalue weighted by atomic mass is 9.93. The summed E-state index contributed by atoms with van der Waals surface area (Å²) in [7, 11) is -1.85. The molecule has 3 aromatic carbocycles. The second-order valence-electron chi connectivity index (χ2n) is 12.2. The van der Waals surface area contributed by atoms with Gasteiger partial charge in [0.15, 0.2) is 0 Å². The first-order valence-electron chi connectivity index (χ1n) is 15.8. The molecular formula is C35H43N5O5S. The molecule has 0 aliphatic carbocycles. The highest BCUT2D eigenvalue weighted by atomic mass is 32.2. The summed E-state index contributed by atoms with van der Waals surface area (Å²) in [5, 5.41) is 9.24. The maximum absolute atomic E-state index is 14.4. The molecule has 4 N–H and O–H groups in total. The third-order valence-corrected chi connectivity index (χ3v) is 9.76. The number of fused-ring (bicyclic) bond motifs is 1. The number of rotatable bonds is 12. The predicted octanol–water partition coefficient (Wildman–Crippen LogP) is 2.53. The fourth-order valence-corrected chi connectivity index (χ4v) is 7.19. The van der Waals surface area contributed by atoms with Gasteiger partial charge in [0.25, 0.3) is 0 Å². The van der Waals surface area contributed by atoms with Crippen molar-refractivity contribution in [2.45, 2.75) is 62.3 Å². The quantitative estimate of drug-likeness (QED) is 0.239. The lowest BCUT2D eigenvalue weighted by Gasteiger charge is -2.33. The van der Waals surface area contributed by atoms with Crippen molar-refractivity contribution in [3.05, 3.63) is 108 Å². The number of hydrogen-bond donors (Lipinski definition) is 4. The molecule has 11 heteroatoms. The summed E-state index contributed by atoms with van der Waals surface area (Å²) in [6.45, 7) is -0.0000625. The van der Waals surface area contributed by atoms with Gasteiger partial charge in [-0.1, -0.05) is 91.0 Å². The topological polar surface area (TPSA) is 137 Å². The van der Waals surface area contributed by atoms with Gasteiger partial charge in [-0.3, -0.25) is 14.4 Å². The third kappa shape index (κ3) is 8.20. The zero-order valence-corrected chi connectivity index (χ0v) is 27.1. The second kappa shape index (κ2) is 15.0. The number of nitrogens with zero attached hydrogens (tertiary/aromatic N) is 1. The molecule has 2 heterocycles. The molecule has 0 saturated carbocycles. The van der Waals surface area contributed by atoms with Gasteiger partial charge in [-0.05, 0) is 55.8 Å². The van der Waals surface area contributed by atoms with Crippen LogP contribution in [0.3, 0.4) is 0 Å². The van der Waals surface area contributed by atoms with Crippen LogP contribution in [0.4, 0.5) is 0 Å². The van der Waals surface area contributed by atoms with Crippen molar-refractivity contribution < 1.29 is 22.8 Å². The molecule has 3 unspecified atom stereocenters. The Morgan fingerprint density at radius 1 is 0.848 bits per heavy atom. The summed E-state index contributed by atoms with van der Waals surface area (Å²) in [5.41, 5.74) is 2.81. The van der Waals surface area contributed by atoms with Crippen LogP contribution in [0.5, 0.6) is 0 Å². The summed E-state index contributed by atoms with van der Waals surface area (Å²) in [5.74, 6) is -1.47. The van der Waals surface area contributed by atoms with E-state index in [1.807, 2.05) is 91.0 Å². The van der Waals surface area contributed by atoms with Gasteiger partial charge in [0.2, 0.25) is 27.7 Å². The molecule has 46 heavy (non-hydrogen) atoms. The number of likely N-dealkylation sites (N-methyl/N-ethyl adjacent to an activating group) is 1. The van der Waals surface area contributed by atoms with Crippen molar-refractivity contribution in [2.24, 2.45) is 5.92 Å². The molecule has 5 atom stereocenters. The average Bonchev–Trinajstić information content (AvgIpc) is 3.44. The first-order valence-corrected chi connectivity index (χ1v) is 17.7. The van der Waals surface area contributed by atoms with E-state index < -0.39 is 40.1 Å². The Hall–Kier alpha value is -4.06. The molecule has 2 saturated heterocycles. The number of carbonyl (C=O) groups excluding carboxylic acids is 3. The van der Waals surface area contributed by atoms with Crippen LogP contribution in [-0.4, -0.2) is 75.1 Å². The Bertz CT molecular complexity index is 1550. The number of sulfonamides is 1. The molecule has 5 rings (SSSR count). The second-order valence-corrected chi connectivity index (χ2v) is 14.1. The van der Waals surface area contributed by atoms with Crippen molar-refractivity contribution >= 4 is 27.7 Å². The molecule has 3 amide bonds. The number of carbonyl (C=O) groups is 3. The van der Waals surface area contributed by atoms with Crippen LogP contribution in [0.2, 0.25) is 0 Å². The SMILES string of the molecule is CNC(Cc1ccccc1)C(=O)NC1C(=O)N2[C@@H](CCC1CNS(C)(=O)=O)CC[C@H]2C(=O)NC(c1ccccc1)c1ccccc1. The van der Waals surface area contributed by atoms with Crippen molar-refractivity contribution in [3.8, 4) is 0 Å². The zero-order chi connectivity index (χ0) is 32.7. The van der Waals surface area contributed by atoms with Gasteiger partial charge < -0.3 is 20.9 Å². The van der Waals surface area contributed by atoms with Gasteiger partial charge in [0.05, 0.1) is 18.3 Å². The first kappa shape index (κ1) is 33.3. The molecule has 2 fully saturated rings. The van der Waals surface area contributed by atoms with E-state index in [4.69, 9.17) is 0 Å². The predicted molar refractivity (Wildman–Crippen MR) is 177 cm³/mol. The average molecular weight is 646 g/mol. The Kier molecular flexibility index (Phi) is 10.9. The molecule has 2 aliphatic rings. The van der Waals surface area contributed by atoms with Crippen LogP contribution < -0.4 is 20.7 Å². The van der Waals surface area contributed by atoms with Gasteiger partial charge in [-0.2, -0.15) is 0 Å². The zero-order valence-electron chi connectivity index (χ0n) is 26.3. The Balaban J connectivity index is 1.40. The smallest absolute Gasteiger partial charge is 0.246 e. The van der Waals surface area contributed by atoms with Crippen LogP contribution >= 0.6 is 0 Å². The number of hydrogen-bond acceptors (Lipinski definition) is 6. The summed E-state index contributed by atoms with van der Waals surface area (Å²) in [6, 6.07) is 26.0. The first-order chi connectivity index (χ1) is 22.1. The fourth-order valence-electron chi connectivity index (χ4n) is 6.67. The number of amides is 3. The summed E-state index contributed by atoms with van der Waals surface area (Å²) >= 11 is 0. The molecule has 3 aromatic rings. The summed E-state index contributed by atoms with van der Waals surface area (Å²) in [4.78, 5) is 43.8. The number of nitrogens with one attached hydrogen (secondary N) is 4. The van der Waals surface area contributed by atoms with Crippen molar-refractivity contribution in [1.29, 1.82) is 0 Å². The minimum absolute atomic E-state index is 0.0000625. The van der Waals surface area contributed by atoms with Crippen molar-refractivity contribution in [1.82, 2.24) is 25.6 Å². The molecule has 10 nitrogen and oxygen atoms in total. The third-order valence-electron chi connectivity index (χ3n) is 9.07. The van der Waals surface area contributed by atoms with Gasteiger partial charge in [0.1, 0.15) is 12.1 Å². The maximum Gasteiger partial charge on any atom is 0.246 e. The van der Waals surface area contributed by atoms with Crippen LogP contribution in [0.1, 0.15) is 48.4 Å². The van der Waals surface area contributed by atoms with Crippen LogP contribution in [-0.2, 0) is 30.8 Å². The monoisotopic (exact) mass is 645 g/mol. The van der Waals surface area contributed by atoms with Gasteiger partial charge in [-0.15, -0.1) is 0 Å².